The Labute approximate surface area is 313 Å². The van der Waals surface area contributed by atoms with Crippen molar-refractivity contribution in [2.45, 2.75) is 79.5 Å². The standard InChI is InChI=1S/C31H27F14NO9S2/c1-15-7-12-20-18(13-15)21(47)19(22(55-20)24(2,3)23(48)54-6)14-46(56(49,50)17-10-8-16(53-5)9-11-17)57(51,52)31(44,45)30(42,43)29(40,41)28(38,39)27(36,37)26(34,35)25(4,32)33/h7-14,22H,1-6H3/b19-14+. The Hall–Kier alpha value is -4.36. The average molecular weight is 888 g/mol. The van der Waals surface area contributed by atoms with Gasteiger partial charge in [0.15, 0.2) is 5.78 Å². The summed E-state index contributed by atoms with van der Waals surface area (Å²) in [5.41, 5.74) is -4.39. The lowest BCUT2D eigenvalue weighted by Crippen LogP contribution is -2.74. The molecule has 0 saturated heterocycles. The molecule has 1 aliphatic rings. The number of aryl methyl sites for hydroxylation is 1. The Morgan fingerprint density at radius 3 is 1.67 bits per heavy atom. The van der Waals surface area contributed by atoms with Gasteiger partial charge in [0, 0.05) is 13.1 Å². The van der Waals surface area contributed by atoms with Gasteiger partial charge >= 0.3 is 56.8 Å². The normalized spacial score (nSPS) is 17.5. The quantitative estimate of drug-likeness (QED) is 0.108. The molecule has 1 aliphatic heterocycles. The first kappa shape index (κ1) is 47.0. The minimum absolute atomic E-state index is 0.184. The number of nitrogens with zero attached hydrogens (tertiary/aromatic N) is 1. The number of rotatable bonds is 14. The number of ketones is 1. The number of benzene rings is 2. The van der Waals surface area contributed by atoms with Gasteiger partial charge in [-0.1, -0.05) is 11.6 Å². The molecule has 0 bridgehead atoms. The van der Waals surface area contributed by atoms with Crippen molar-refractivity contribution in [1.82, 2.24) is 3.71 Å². The molecule has 2 aromatic rings. The minimum atomic E-state index is -8.78. The number of methoxy groups -OCH3 is 2. The van der Waals surface area contributed by atoms with E-state index in [1.54, 1.807) is 0 Å². The molecule has 57 heavy (non-hydrogen) atoms. The van der Waals surface area contributed by atoms with Crippen LogP contribution in [0.15, 0.2) is 59.1 Å². The van der Waals surface area contributed by atoms with Crippen LogP contribution in [0, 0.1) is 12.3 Å². The van der Waals surface area contributed by atoms with Crippen molar-refractivity contribution in [3.8, 4) is 11.5 Å². The van der Waals surface area contributed by atoms with Crippen LogP contribution in [-0.4, -0.2) is 93.4 Å². The first-order valence-electron chi connectivity index (χ1n) is 15.1. The molecule has 10 nitrogen and oxygen atoms in total. The first-order chi connectivity index (χ1) is 25.4. The number of ether oxygens (including phenoxy) is 3. The monoisotopic (exact) mass is 887 g/mol. The van der Waals surface area contributed by atoms with Crippen LogP contribution in [0.4, 0.5) is 61.5 Å². The fraction of sp³-hybridized carbons (Fsp3) is 0.484. The van der Waals surface area contributed by atoms with Gasteiger partial charge in [-0.25, -0.2) is 8.42 Å². The van der Waals surface area contributed by atoms with Crippen molar-refractivity contribution in [2.24, 2.45) is 5.41 Å². The topological polar surface area (TPSA) is 133 Å². The van der Waals surface area contributed by atoms with Crippen molar-refractivity contribution in [2.75, 3.05) is 14.2 Å². The Bertz CT molecular complexity index is 2170. The van der Waals surface area contributed by atoms with E-state index in [0.717, 1.165) is 40.2 Å². The molecular weight excluding hydrogens is 860 g/mol. The van der Waals surface area contributed by atoms with E-state index in [2.05, 4.69) is 4.74 Å². The summed E-state index contributed by atoms with van der Waals surface area (Å²) in [4.78, 5) is 25.1. The summed E-state index contributed by atoms with van der Waals surface area (Å²) in [6.45, 7) is 1.78. The lowest BCUT2D eigenvalue weighted by molar-refractivity contribution is -0.434. The maximum Gasteiger partial charge on any atom is 0.433 e. The van der Waals surface area contributed by atoms with Crippen LogP contribution in [0.1, 0.15) is 36.7 Å². The van der Waals surface area contributed by atoms with Gasteiger partial charge in [-0.2, -0.15) is 73.6 Å². The highest BCUT2D eigenvalue weighted by molar-refractivity contribution is 8.04. The number of Topliss-reactive ketones (excluding diaryl/α,β-unsaturated/α-hetero) is 1. The molecule has 0 aromatic heterocycles. The van der Waals surface area contributed by atoms with Crippen molar-refractivity contribution in [1.29, 1.82) is 0 Å². The number of carbonyl (C=O) groups excluding carboxylic acids is 2. The SMILES string of the molecule is COC(=O)C(C)(C)C1Oc2ccc(C)cc2C(=O)/C1=C\N(S(=O)(=O)c1ccc(OC)cc1)S(=O)(=O)C(F)(F)C(F)(F)C(F)(F)C(F)(F)C(F)(F)C(F)(F)C(C)(F)F. The fourth-order valence-electron chi connectivity index (χ4n) is 4.98. The lowest BCUT2D eigenvalue weighted by atomic mass is 9.78. The van der Waals surface area contributed by atoms with Gasteiger partial charge in [0.1, 0.15) is 23.0 Å². The summed E-state index contributed by atoms with van der Waals surface area (Å²) in [6.07, 6.45) is -3.16. The number of esters is 1. The Balaban J connectivity index is 2.51. The Kier molecular flexibility index (Phi) is 11.7. The first-order valence-corrected chi connectivity index (χ1v) is 18.0. The van der Waals surface area contributed by atoms with E-state index in [9.17, 15) is 70.3 Å². The number of sulfonamides is 2. The molecule has 320 valence electrons. The molecule has 0 radical (unpaired) electrons. The number of carbonyl (C=O) groups is 2. The van der Waals surface area contributed by atoms with Crippen LogP contribution >= 0.6 is 0 Å². The lowest BCUT2D eigenvalue weighted by Gasteiger charge is -2.42. The van der Waals surface area contributed by atoms with Crippen LogP contribution in [0.2, 0.25) is 0 Å². The van der Waals surface area contributed by atoms with Gasteiger partial charge in [-0.05, 0) is 57.2 Å². The summed E-state index contributed by atoms with van der Waals surface area (Å²) in [6, 6.07) is 5.20. The summed E-state index contributed by atoms with van der Waals surface area (Å²) in [7, 11) is -13.4. The number of hydrogen-bond acceptors (Lipinski definition) is 9. The summed E-state index contributed by atoms with van der Waals surface area (Å²) in [5.74, 6) is -52.5. The highest BCUT2D eigenvalue weighted by Gasteiger charge is 2.94. The van der Waals surface area contributed by atoms with Gasteiger partial charge in [0.2, 0.25) is 0 Å². The summed E-state index contributed by atoms with van der Waals surface area (Å²) in [5, 5.41) is -8.16. The average Bonchev–Trinajstić information content (AvgIpc) is 3.09. The van der Waals surface area contributed by atoms with Crippen LogP contribution in [0.5, 0.6) is 11.5 Å². The molecule has 26 heteroatoms. The third-order valence-electron chi connectivity index (χ3n) is 8.43. The second kappa shape index (κ2) is 14.2. The molecule has 0 fully saturated rings. The molecule has 3 rings (SSSR count). The van der Waals surface area contributed by atoms with Gasteiger partial charge < -0.3 is 14.2 Å². The second-order valence-electron chi connectivity index (χ2n) is 12.8. The fourth-order valence-corrected chi connectivity index (χ4v) is 8.42. The predicted molar refractivity (Wildman–Crippen MR) is 165 cm³/mol. The zero-order valence-electron chi connectivity index (χ0n) is 29.4. The number of fused-ring (bicyclic) bond motifs is 1. The van der Waals surface area contributed by atoms with E-state index < -0.39 is 123 Å². The molecular formula is C31H27F14NO9S2. The molecule has 2 aromatic carbocycles. The molecule has 1 heterocycles. The van der Waals surface area contributed by atoms with Crippen molar-refractivity contribution >= 4 is 31.8 Å². The van der Waals surface area contributed by atoms with Crippen molar-refractivity contribution < 1.29 is 102 Å². The zero-order chi connectivity index (χ0) is 44.6. The van der Waals surface area contributed by atoms with Gasteiger partial charge in [-0.3, -0.25) is 9.59 Å². The number of alkyl halides is 14. The van der Waals surface area contributed by atoms with E-state index in [0.29, 0.717) is 24.3 Å². The van der Waals surface area contributed by atoms with Crippen LogP contribution < -0.4 is 9.47 Å². The Morgan fingerprint density at radius 1 is 0.737 bits per heavy atom. The largest absolute Gasteiger partial charge is 0.497 e. The molecule has 0 amide bonds. The maximum absolute atomic E-state index is 15.7. The molecule has 1 atom stereocenters. The number of hydrogen-bond donors (Lipinski definition) is 0. The van der Waals surface area contributed by atoms with E-state index in [-0.39, 0.29) is 11.3 Å². The summed E-state index contributed by atoms with van der Waals surface area (Å²) >= 11 is 0. The third kappa shape index (κ3) is 6.92. The maximum atomic E-state index is 15.7. The van der Waals surface area contributed by atoms with Gasteiger partial charge in [0.25, 0.3) is 10.0 Å². The highest BCUT2D eigenvalue weighted by Crippen LogP contribution is 2.63. The van der Waals surface area contributed by atoms with E-state index >= 15 is 17.6 Å². The van der Waals surface area contributed by atoms with Crippen molar-refractivity contribution in [3.05, 3.63) is 65.4 Å². The van der Waals surface area contributed by atoms with Crippen molar-refractivity contribution in [3.63, 3.8) is 0 Å². The van der Waals surface area contributed by atoms with Crippen LogP contribution in [0.3, 0.4) is 0 Å². The zero-order valence-corrected chi connectivity index (χ0v) is 31.1. The van der Waals surface area contributed by atoms with Crippen LogP contribution in [0.25, 0.3) is 0 Å². The third-order valence-corrected chi connectivity index (χ3v) is 12.5. The minimum Gasteiger partial charge on any atom is -0.497 e. The summed E-state index contributed by atoms with van der Waals surface area (Å²) < 4.78 is 271. The van der Waals surface area contributed by atoms with E-state index in [1.807, 2.05) is 0 Å². The molecule has 1 unspecified atom stereocenters. The van der Waals surface area contributed by atoms with Crippen LogP contribution in [-0.2, 0) is 29.6 Å². The molecule has 0 N–H and O–H groups in total. The van der Waals surface area contributed by atoms with Gasteiger partial charge in [0.05, 0.1) is 30.3 Å². The predicted octanol–water partition coefficient (Wildman–Crippen LogP) is 7.48. The molecule has 0 aliphatic carbocycles. The molecule has 0 saturated carbocycles. The number of halogens is 14. The second-order valence-corrected chi connectivity index (χ2v) is 16.7. The van der Waals surface area contributed by atoms with E-state index in [4.69, 9.17) is 9.47 Å². The molecule has 0 spiro atoms. The smallest absolute Gasteiger partial charge is 0.433 e. The Morgan fingerprint density at radius 2 is 1.21 bits per heavy atom. The van der Waals surface area contributed by atoms with Gasteiger partial charge in [-0.15, -0.1) is 0 Å². The van der Waals surface area contributed by atoms with E-state index in [1.165, 1.54) is 13.0 Å². The highest BCUT2D eigenvalue weighted by atomic mass is 32.3.